The lowest BCUT2D eigenvalue weighted by molar-refractivity contribution is 0.0229. The summed E-state index contributed by atoms with van der Waals surface area (Å²) < 4.78 is 5.59. The lowest BCUT2D eigenvalue weighted by atomic mass is 10.0. The van der Waals surface area contributed by atoms with Crippen molar-refractivity contribution in [2.45, 2.75) is 31.9 Å². The SMILES string of the molecule is CC1(CNC(=O)NCc2ccc(C(=O)O)cc2)CCCO1. The van der Waals surface area contributed by atoms with Crippen molar-refractivity contribution in [2.75, 3.05) is 13.2 Å². The Kier molecular flexibility index (Phi) is 4.80. The number of benzene rings is 1. The van der Waals surface area contributed by atoms with E-state index in [0.29, 0.717) is 13.1 Å². The number of aromatic carboxylic acids is 1. The number of carbonyl (C=O) groups is 2. The Balaban J connectivity index is 1.74. The van der Waals surface area contributed by atoms with Crippen LogP contribution >= 0.6 is 0 Å². The van der Waals surface area contributed by atoms with Gasteiger partial charge in [0.1, 0.15) is 0 Å². The van der Waals surface area contributed by atoms with Crippen molar-refractivity contribution >= 4 is 12.0 Å². The Hall–Kier alpha value is -2.08. The van der Waals surface area contributed by atoms with Gasteiger partial charge in [0, 0.05) is 19.7 Å². The van der Waals surface area contributed by atoms with Crippen LogP contribution in [0.25, 0.3) is 0 Å². The minimum absolute atomic E-state index is 0.231. The number of nitrogens with one attached hydrogen (secondary N) is 2. The van der Waals surface area contributed by atoms with Crippen molar-refractivity contribution in [1.29, 1.82) is 0 Å². The van der Waals surface area contributed by atoms with Gasteiger partial charge in [-0.25, -0.2) is 9.59 Å². The maximum atomic E-state index is 11.7. The second kappa shape index (κ2) is 6.58. The van der Waals surface area contributed by atoms with Gasteiger partial charge in [0.05, 0.1) is 11.2 Å². The molecule has 0 radical (unpaired) electrons. The van der Waals surface area contributed by atoms with Crippen LogP contribution in [-0.2, 0) is 11.3 Å². The maximum absolute atomic E-state index is 11.7. The van der Waals surface area contributed by atoms with Crippen LogP contribution in [0.4, 0.5) is 4.79 Å². The summed E-state index contributed by atoms with van der Waals surface area (Å²) in [6.45, 7) is 3.57. The number of ether oxygens (including phenoxy) is 1. The fourth-order valence-corrected chi connectivity index (χ4v) is 2.25. The Morgan fingerprint density at radius 3 is 2.57 bits per heavy atom. The summed E-state index contributed by atoms with van der Waals surface area (Å²) in [7, 11) is 0. The van der Waals surface area contributed by atoms with Crippen LogP contribution in [0.3, 0.4) is 0 Å². The van der Waals surface area contributed by atoms with E-state index < -0.39 is 5.97 Å². The van der Waals surface area contributed by atoms with Gasteiger partial charge >= 0.3 is 12.0 Å². The zero-order chi connectivity index (χ0) is 15.3. The highest BCUT2D eigenvalue weighted by Crippen LogP contribution is 2.23. The van der Waals surface area contributed by atoms with Crippen molar-refractivity contribution < 1.29 is 19.4 Å². The minimum Gasteiger partial charge on any atom is -0.478 e. The summed E-state index contributed by atoms with van der Waals surface area (Å²) >= 11 is 0. The highest BCUT2D eigenvalue weighted by atomic mass is 16.5. The fraction of sp³-hybridized carbons (Fsp3) is 0.467. The first-order valence-corrected chi connectivity index (χ1v) is 6.96. The predicted octanol–water partition coefficient (Wildman–Crippen LogP) is 1.75. The molecule has 0 aromatic heterocycles. The van der Waals surface area contributed by atoms with Crippen molar-refractivity contribution in [2.24, 2.45) is 0 Å². The van der Waals surface area contributed by atoms with Gasteiger partial charge in [-0.15, -0.1) is 0 Å². The normalized spacial score (nSPS) is 21.0. The average molecular weight is 292 g/mol. The number of rotatable bonds is 5. The van der Waals surface area contributed by atoms with E-state index in [1.807, 2.05) is 6.92 Å². The quantitative estimate of drug-likeness (QED) is 0.771. The molecule has 0 aliphatic carbocycles. The lowest BCUT2D eigenvalue weighted by Crippen LogP contribution is -2.44. The molecule has 2 amide bonds. The van der Waals surface area contributed by atoms with Crippen LogP contribution in [0.1, 0.15) is 35.7 Å². The Labute approximate surface area is 123 Å². The Bertz CT molecular complexity index is 507. The van der Waals surface area contributed by atoms with E-state index in [0.717, 1.165) is 25.0 Å². The second-order valence-electron chi connectivity index (χ2n) is 5.44. The van der Waals surface area contributed by atoms with Crippen molar-refractivity contribution in [3.63, 3.8) is 0 Å². The first-order valence-electron chi connectivity index (χ1n) is 6.96. The van der Waals surface area contributed by atoms with E-state index in [2.05, 4.69) is 10.6 Å². The standard InChI is InChI=1S/C15H20N2O4/c1-15(7-2-8-21-15)10-17-14(20)16-9-11-3-5-12(6-4-11)13(18)19/h3-6H,2,7-10H2,1H3,(H,18,19)(H2,16,17,20). The van der Waals surface area contributed by atoms with E-state index >= 15 is 0 Å². The molecule has 1 unspecified atom stereocenters. The largest absolute Gasteiger partial charge is 0.478 e. The molecule has 0 spiro atoms. The number of hydrogen-bond donors (Lipinski definition) is 3. The Morgan fingerprint density at radius 1 is 1.29 bits per heavy atom. The van der Waals surface area contributed by atoms with Gasteiger partial charge in [0.25, 0.3) is 0 Å². The molecule has 0 saturated carbocycles. The van der Waals surface area contributed by atoms with E-state index in [4.69, 9.17) is 9.84 Å². The van der Waals surface area contributed by atoms with Crippen molar-refractivity contribution in [3.8, 4) is 0 Å². The van der Waals surface area contributed by atoms with Gasteiger partial charge in [0.2, 0.25) is 0 Å². The number of amides is 2. The minimum atomic E-state index is -0.961. The third-order valence-corrected chi connectivity index (χ3v) is 3.58. The van der Waals surface area contributed by atoms with Crippen molar-refractivity contribution in [1.82, 2.24) is 10.6 Å². The molecule has 114 valence electrons. The molecule has 6 heteroatoms. The monoisotopic (exact) mass is 292 g/mol. The van der Waals surface area contributed by atoms with E-state index in [1.165, 1.54) is 12.1 Å². The highest BCUT2D eigenvalue weighted by molar-refractivity contribution is 5.87. The number of urea groups is 1. The second-order valence-corrected chi connectivity index (χ2v) is 5.44. The molecule has 1 aromatic carbocycles. The summed E-state index contributed by atoms with van der Waals surface area (Å²) in [5.41, 5.74) is 0.813. The molecular formula is C15H20N2O4. The van der Waals surface area contributed by atoms with E-state index in [-0.39, 0.29) is 17.2 Å². The third kappa shape index (κ3) is 4.46. The number of hydrogen-bond acceptors (Lipinski definition) is 3. The summed E-state index contributed by atoms with van der Waals surface area (Å²) in [5.74, 6) is -0.961. The van der Waals surface area contributed by atoms with Crippen LogP contribution in [0, 0.1) is 0 Å². The van der Waals surface area contributed by atoms with Gasteiger partial charge in [-0.2, -0.15) is 0 Å². The van der Waals surface area contributed by atoms with E-state index in [9.17, 15) is 9.59 Å². The molecule has 1 aromatic rings. The van der Waals surface area contributed by atoms with Crippen molar-refractivity contribution in [3.05, 3.63) is 35.4 Å². The molecule has 3 N–H and O–H groups in total. The van der Waals surface area contributed by atoms with Crippen LogP contribution in [0.15, 0.2) is 24.3 Å². The molecule has 1 fully saturated rings. The average Bonchev–Trinajstić information content (AvgIpc) is 2.91. The topological polar surface area (TPSA) is 87.7 Å². The first-order chi connectivity index (χ1) is 9.98. The van der Waals surface area contributed by atoms with Crippen LogP contribution in [0.5, 0.6) is 0 Å². The smallest absolute Gasteiger partial charge is 0.335 e. The van der Waals surface area contributed by atoms with Crippen LogP contribution in [-0.4, -0.2) is 35.9 Å². The molecule has 2 rings (SSSR count). The Morgan fingerprint density at radius 2 is 2.00 bits per heavy atom. The molecule has 6 nitrogen and oxygen atoms in total. The molecule has 1 aliphatic rings. The zero-order valence-corrected chi connectivity index (χ0v) is 12.0. The van der Waals surface area contributed by atoms with Gasteiger partial charge in [-0.1, -0.05) is 12.1 Å². The lowest BCUT2D eigenvalue weighted by Gasteiger charge is -2.23. The molecular weight excluding hydrogens is 272 g/mol. The summed E-state index contributed by atoms with van der Waals surface area (Å²) in [6, 6.07) is 6.15. The predicted molar refractivity (Wildman–Crippen MR) is 77.2 cm³/mol. The van der Waals surface area contributed by atoms with Gasteiger partial charge < -0.3 is 20.5 Å². The maximum Gasteiger partial charge on any atom is 0.335 e. The van der Waals surface area contributed by atoms with Crippen LogP contribution in [0.2, 0.25) is 0 Å². The fourth-order valence-electron chi connectivity index (χ4n) is 2.25. The molecule has 1 aliphatic heterocycles. The molecule has 1 saturated heterocycles. The van der Waals surface area contributed by atoms with Gasteiger partial charge in [-0.05, 0) is 37.5 Å². The molecule has 1 atom stereocenters. The van der Waals surface area contributed by atoms with E-state index in [1.54, 1.807) is 12.1 Å². The van der Waals surface area contributed by atoms with Crippen LogP contribution < -0.4 is 10.6 Å². The third-order valence-electron chi connectivity index (χ3n) is 3.58. The summed E-state index contributed by atoms with van der Waals surface area (Å²) in [5, 5.41) is 14.3. The number of carboxylic acid groups (broad SMARTS) is 1. The molecule has 0 bridgehead atoms. The molecule has 21 heavy (non-hydrogen) atoms. The zero-order valence-electron chi connectivity index (χ0n) is 12.0. The number of carbonyl (C=O) groups excluding carboxylic acids is 1. The first kappa shape index (κ1) is 15.3. The van der Waals surface area contributed by atoms with Gasteiger partial charge in [-0.3, -0.25) is 0 Å². The summed E-state index contributed by atoms with van der Waals surface area (Å²) in [4.78, 5) is 22.4. The van der Waals surface area contributed by atoms with Gasteiger partial charge in [0.15, 0.2) is 0 Å². The number of carboxylic acids is 1. The highest BCUT2D eigenvalue weighted by Gasteiger charge is 2.29. The molecule has 1 heterocycles. The summed E-state index contributed by atoms with van der Waals surface area (Å²) in [6.07, 6.45) is 1.97.